The maximum atomic E-state index is 12.8. The van der Waals surface area contributed by atoms with E-state index in [1.807, 2.05) is 0 Å². The number of hydrogen-bond acceptors (Lipinski definition) is 7. The van der Waals surface area contributed by atoms with Crippen LogP contribution in [0.15, 0.2) is 18.2 Å². The number of hydrogen-bond donors (Lipinski definition) is 3. The summed E-state index contributed by atoms with van der Waals surface area (Å²) >= 11 is 0. The Morgan fingerprint density at radius 3 is 2.17 bits per heavy atom. The summed E-state index contributed by atoms with van der Waals surface area (Å²) < 4.78 is 4.58. The largest absolute Gasteiger partial charge is 0.508 e. The molecule has 24 heavy (non-hydrogen) atoms. The Labute approximate surface area is 135 Å². The summed E-state index contributed by atoms with van der Waals surface area (Å²) in [6.45, 7) is 1.40. The predicted octanol–water partition coefficient (Wildman–Crippen LogP) is 1.67. The van der Waals surface area contributed by atoms with Crippen molar-refractivity contribution in [3.05, 3.63) is 51.6 Å². The molecule has 0 saturated carbocycles. The molecule has 0 radical (unpaired) electrons. The summed E-state index contributed by atoms with van der Waals surface area (Å²) in [6.07, 6.45) is 0. The van der Waals surface area contributed by atoms with E-state index in [-0.39, 0.29) is 39.1 Å². The van der Waals surface area contributed by atoms with Gasteiger partial charge in [0, 0.05) is 22.8 Å². The second-order valence-electron chi connectivity index (χ2n) is 5.36. The normalized spacial score (nSPS) is 12.6. The first-order valence-electron chi connectivity index (χ1n) is 6.88. The fraction of sp³-hybridized carbons (Fsp3) is 0.118. The van der Waals surface area contributed by atoms with Crippen LogP contribution >= 0.6 is 0 Å². The van der Waals surface area contributed by atoms with E-state index in [2.05, 4.69) is 4.74 Å². The van der Waals surface area contributed by atoms with E-state index in [0.717, 1.165) is 25.3 Å². The molecule has 7 heteroatoms. The number of benzene rings is 2. The molecule has 3 rings (SSSR count). The molecule has 0 amide bonds. The van der Waals surface area contributed by atoms with Gasteiger partial charge in [0.1, 0.15) is 22.8 Å². The second-order valence-corrected chi connectivity index (χ2v) is 5.36. The van der Waals surface area contributed by atoms with Crippen molar-refractivity contribution in [1.29, 1.82) is 0 Å². The number of rotatable bonds is 1. The van der Waals surface area contributed by atoms with E-state index in [1.165, 1.54) is 6.92 Å². The van der Waals surface area contributed by atoms with E-state index >= 15 is 0 Å². The number of phenolic OH excluding ortho intramolecular Hbond substituents is 3. The van der Waals surface area contributed by atoms with Gasteiger partial charge in [-0.2, -0.15) is 0 Å². The number of methoxy groups -OCH3 is 1. The van der Waals surface area contributed by atoms with Gasteiger partial charge in [-0.05, 0) is 24.6 Å². The Morgan fingerprint density at radius 1 is 0.917 bits per heavy atom. The second kappa shape index (κ2) is 5.09. The van der Waals surface area contributed by atoms with Crippen LogP contribution in [-0.4, -0.2) is 40.0 Å². The van der Waals surface area contributed by atoms with Gasteiger partial charge in [0.05, 0.1) is 12.7 Å². The monoisotopic (exact) mass is 328 g/mol. The van der Waals surface area contributed by atoms with Crippen molar-refractivity contribution in [2.45, 2.75) is 6.92 Å². The van der Waals surface area contributed by atoms with Crippen LogP contribution in [-0.2, 0) is 4.74 Å². The number of carbonyl (C=O) groups is 3. The number of ether oxygens (including phenoxy) is 1. The molecule has 0 bridgehead atoms. The van der Waals surface area contributed by atoms with Gasteiger partial charge in [-0.25, -0.2) is 4.79 Å². The number of carbonyl (C=O) groups excluding carboxylic acids is 3. The van der Waals surface area contributed by atoms with Crippen LogP contribution in [0.5, 0.6) is 17.2 Å². The highest BCUT2D eigenvalue weighted by atomic mass is 16.5. The Hall–Kier alpha value is -3.35. The first kappa shape index (κ1) is 15.5. The zero-order chi connectivity index (χ0) is 17.8. The lowest BCUT2D eigenvalue weighted by atomic mass is 9.80. The van der Waals surface area contributed by atoms with Crippen LogP contribution in [0, 0.1) is 6.92 Å². The highest BCUT2D eigenvalue weighted by Crippen LogP contribution is 2.39. The molecule has 2 aromatic carbocycles. The smallest absolute Gasteiger partial charge is 0.341 e. The van der Waals surface area contributed by atoms with Crippen LogP contribution in [0.2, 0.25) is 0 Å². The lowest BCUT2D eigenvalue weighted by Crippen LogP contribution is -2.23. The standard InChI is InChI=1S/C17H12O7/c1-6-12-9(5-11(20)13(6)17(23)24-2)15(21)8-3-7(18)4-10(19)14(8)16(12)22/h3-5,18-20H,1-2H3. The van der Waals surface area contributed by atoms with Crippen molar-refractivity contribution in [3.63, 3.8) is 0 Å². The maximum absolute atomic E-state index is 12.8. The van der Waals surface area contributed by atoms with Gasteiger partial charge in [0.2, 0.25) is 0 Å². The van der Waals surface area contributed by atoms with Crippen molar-refractivity contribution >= 4 is 17.5 Å². The molecule has 1 aliphatic rings. The van der Waals surface area contributed by atoms with Crippen molar-refractivity contribution in [2.75, 3.05) is 7.11 Å². The van der Waals surface area contributed by atoms with Gasteiger partial charge in [0.25, 0.3) is 0 Å². The fourth-order valence-electron chi connectivity index (χ4n) is 2.93. The molecule has 0 atom stereocenters. The van der Waals surface area contributed by atoms with Gasteiger partial charge in [-0.3, -0.25) is 9.59 Å². The van der Waals surface area contributed by atoms with Gasteiger partial charge in [0.15, 0.2) is 11.6 Å². The van der Waals surface area contributed by atoms with Crippen LogP contribution in [0.3, 0.4) is 0 Å². The number of esters is 1. The number of aromatic hydroxyl groups is 3. The highest BCUT2D eigenvalue weighted by Gasteiger charge is 2.36. The summed E-state index contributed by atoms with van der Waals surface area (Å²) in [5.41, 5.74) is -0.774. The topological polar surface area (TPSA) is 121 Å². The lowest BCUT2D eigenvalue weighted by Gasteiger charge is -2.22. The number of phenols is 3. The van der Waals surface area contributed by atoms with Crippen molar-refractivity contribution in [1.82, 2.24) is 0 Å². The molecular formula is C17H12O7. The first-order valence-corrected chi connectivity index (χ1v) is 6.88. The molecule has 0 aromatic heterocycles. The van der Waals surface area contributed by atoms with E-state index in [9.17, 15) is 29.7 Å². The van der Waals surface area contributed by atoms with E-state index < -0.39 is 29.0 Å². The first-order chi connectivity index (χ1) is 11.3. The molecule has 0 saturated heterocycles. The third-order valence-electron chi connectivity index (χ3n) is 3.99. The summed E-state index contributed by atoms with van der Waals surface area (Å²) in [5.74, 6) is -3.59. The minimum Gasteiger partial charge on any atom is -0.508 e. The third-order valence-corrected chi connectivity index (χ3v) is 3.99. The van der Waals surface area contributed by atoms with Crippen molar-refractivity contribution in [3.8, 4) is 17.2 Å². The van der Waals surface area contributed by atoms with Gasteiger partial charge in [-0.1, -0.05) is 0 Å². The molecular weight excluding hydrogens is 316 g/mol. The molecule has 122 valence electrons. The molecule has 1 aliphatic carbocycles. The zero-order valence-electron chi connectivity index (χ0n) is 12.7. The summed E-state index contributed by atoms with van der Waals surface area (Å²) in [4.78, 5) is 37.2. The summed E-state index contributed by atoms with van der Waals surface area (Å²) in [7, 11) is 1.12. The van der Waals surface area contributed by atoms with Crippen LogP contribution in [0.4, 0.5) is 0 Å². The lowest BCUT2D eigenvalue weighted by molar-refractivity contribution is 0.0596. The van der Waals surface area contributed by atoms with E-state index in [1.54, 1.807) is 0 Å². The SMILES string of the molecule is COC(=O)c1c(O)cc2c(c1C)C(=O)c1c(O)cc(O)cc1C2=O. The molecule has 3 N–H and O–H groups in total. The average molecular weight is 328 g/mol. The van der Waals surface area contributed by atoms with Crippen LogP contribution in [0.25, 0.3) is 0 Å². The minimum atomic E-state index is -0.853. The predicted molar refractivity (Wildman–Crippen MR) is 80.8 cm³/mol. The quantitative estimate of drug-likeness (QED) is 0.581. The Balaban J connectivity index is 2.37. The summed E-state index contributed by atoms with van der Waals surface area (Å²) in [5, 5.41) is 29.5. The number of ketones is 2. The fourth-order valence-corrected chi connectivity index (χ4v) is 2.93. The molecule has 0 aliphatic heterocycles. The molecule has 0 heterocycles. The van der Waals surface area contributed by atoms with Gasteiger partial charge >= 0.3 is 5.97 Å². The Kier molecular flexibility index (Phi) is 3.30. The van der Waals surface area contributed by atoms with Crippen LogP contribution < -0.4 is 0 Å². The summed E-state index contributed by atoms with van der Waals surface area (Å²) in [6, 6.07) is 3.03. The van der Waals surface area contributed by atoms with Crippen LogP contribution in [0.1, 0.15) is 47.8 Å². The third kappa shape index (κ3) is 1.95. The van der Waals surface area contributed by atoms with E-state index in [0.29, 0.717) is 0 Å². The average Bonchev–Trinajstić information content (AvgIpc) is 2.51. The van der Waals surface area contributed by atoms with Crippen molar-refractivity contribution in [2.24, 2.45) is 0 Å². The van der Waals surface area contributed by atoms with Gasteiger partial charge in [-0.15, -0.1) is 0 Å². The van der Waals surface area contributed by atoms with E-state index in [4.69, 9.17) is 0 Å². The minimum absolute atomic E-state index is 0.0772. The highest BCUT2D eigenvalue weighted by molar-refractivity contribution is 6.30. The molecule has 0 spiro atoms. The molecule has 0 fully saturated rings. The zero-order valence-corrected chi connectivity index (χ0v) is 12.7. The van der Waals surface area contributed by atoms with Gasteiger partial charge < -0.3 is 20.1 Å². The Bertz CT molecular complexity index is 941. The molecule has 0 unspecified atom stereocenters. The molecule has 2 aromatic rings. The molecule has 7 nitrogen and oxygen atoms in total. The maximum Gasteiger partial charge on any atom is 0.341 e. The Morgan fingerprint density at radius 2 is 1.54 bits per heavy atom. The number of fused-ring (bicyclic) bond motifs is 2. The van der Waals surface area contributed by atoms with Crippen molar-refractivity contribution < 1.29 is 34.4 Å².